The third kappa shape index (κ3) is 3.52. The van der Waals surface area contributed by atoms with E-state index in [4.69, 9.17) is 0 Å². The first-order chi connectivity index (χ1) is 10.6. The van der Waals surface area contributed by atoms with Crippen molar-refractivity contribution in [2.24, 2.45) is 5.92 Å². The molecule has 2 aromatic rings. The molecule has 2 N–H and O–H groups in total. The standard InChI is InChI=1S/C18H18N2O2/c1-12(21)14-3-2-4-17(11-14)19-15-7-9-16(10-8-15)20-18(22)13-5-6-13/h2-4,7-11,13,19H,5-6H2,1H3,(H,20,22). The van der Waals surface area contributed by atoms with Crippen LogP contribution in [0.4, 0.5) is 17.1 Å². The summed E-state index contributed by atoms with van der Waals surface area (Å²) in [5.41, 5.74) is 3.26. The minimum absolute atomic E-state index is 0.0433. The molecule has 4 nitrogen and oxygen atoms in total. The molecule has 1 aliphatic rings. The Bertz CT molecular complexity index is 703. The summed E-state index contributed by atoms with van der Waals surface area (Å²) in [6, 6.07) is 14.9. The summed E-state index contributed by atoms with van der Waals surface area (Å²) >= 11 is 0. The van der Waals surface area contributed by atoms with E-state index >= 15 is 0 Å². The van der Waals surface area contributed by atoms with Gasteiger partial charge in [-0.25, -0.2) is 0 Å². The van der Waals surface area contributed by atoms with Gasteiger partial charge >= 0.3 is 0 Å². The van der Waals surface area contributed by atoms with Crippen LogP contribution in [0.1, 0.15) is 30.1 Å². The number of amides is 1. The summed E-state index contributed by atoms with van der Waals surface area (Å²) in [5.74, 6) is 0.351. The van der Waals surface area contributed by atoms with Crippen molar-refractivity contribution in [2.75, 3.05) is 10.6 Å². The van der Waals surface area contributed by atoms with Crippen molar-refractivity contribution < 1.29 is 9.59 Å². The number of nitrogens with one attached hydrogen (secondary N) is 2. The third-order valence-corrected chi connectivity index (χ3v) is 3.66. The van der Waals surface area contributed by atoms with Gasteiger partial charge in [-0.1, -0.05) is 12.1 Å². The molecule has 2 aromatic carbocycles. The molecule has 0 aromatic heterocycles. The molecule has 1 saturated carbocycles. The van der Waals surface area contributed by atoms with Gasteiger partial charge in [-0.3, -0.25) is 9.59 Å². The quantitative estimate of drug-likeness (QED) is 0.820. The molecule has 1 amide bonds. The molecule has 1 aliphatic carbocycles. The van der Waals surface area contributed by atoms with Gasteiger partial charge in [0.25, 0.3) is 0 Å². The van der Waals surface area contributed by atoms with E-state index in [0.717, 1.165) is 29.9 Å². The third-order valence-electron chi connectivity index (χ3n) is 3.66. The molecule has 0 saturated heterocycles. The van der Waals surface area contributed by atoms with Crippen LogP contribution in [0.15, 0.2) is 48.5 Å². The van der Waals surface area contributed by atoms with Crippen LogP contribution < -0.4 is 10.6 Å². The summed E-state index contributed by atoms with van der Waals surface area (Å²) < 4.78 is 0. The van der Waals surface area contributed by atoms with Crippen LogP contribution in [-0.2, 0) is 4.79 Å². The van der Waals surface area contributed by atoms with Crippen molar-refractivity contribution in [3.63, 3.8) is 0 Å². The summed E-state index contributed by atoms with van der Waals surface area (Å²) in [5, 5.41) is 6.16. The van der Waals surface area contributed by atoms with E-state index in [1.54, 1.807) is 13.0 Å². The Hall–Kier alpha value is -2.62. The van der Waals surface area contributed by atoms with Crippen molar-refractivity contribution in [3.8, 4) is 0 Å². The highest BCUT2D eigenvalue weighted by atomic mass is 16.2. The first-order valence-electron chi connectivity index (χ1n) is 7.41. The van der Waals surface area contributed by atoms with E-state index in [2.05, 4.69) is 10.6 Å². The molecular formula is C18H18N2O2. The van der Waals surface area contributed by atoms with Crippen LogP contribution >= 0.6 is 0 Å². The maximum atomic E-state index is 11.7. The van der Waals surface area contributed by atoms with Crippen molar-refractivity contribution >= 4 is 28.8 Å². The second-order valence-electron chi connectivity index (χ2n) is 5.60. The highest BCUT2D eigenvalue weighted by Gasteiger charge is 2.29. The molecule has 0 spiro atoms. The molecule has 0 radical (unpaired) electrons. The van der Waals surface area contributed by atoms with E-state index in [1.165, 1.54) is 0 Å². The Morgan fingerprint density at radius 3 is 2.27 bits per heavy atom. The van der Waals surface area contributed by atoms with E-state index in [-0.39, 0.29) is 17.6 Å². The highest BCUT2D eigenvalue weighted by molar-refractivity contribution is 5.95. The predicted molar refractivity (Wildman–Crippen MR) is 87.5 cm³/mol. The van der Waals surface area contributed by atoms with Crippen molar-refractivity contribution in [1.82, 2.24) is 0 Å². The maximum absolute atomic E-state index is 11.7. The first kappa shape index (κ1) is 14.3. The van der Waals surface area contributed by atoms with Crippen molar-refractivity contribution in [2.45, 2.75) is 19.8 Å². The van der Waals surface area contributed by atoms with Gasteiger partial charge in [0.2, 0.25) is 5.91 Å². The number of anilines is 3. The number of hydrogen-bond acceptors (Lipinski definition) is 3. The topological polar surface area (TPSA) is 58.2 Å². The number of ketones is 1. The van der Waals surface area contributed by atoms with Gasteiger partial charge in [0.1, 0.15) is 0 Å². The van der Waals surface area contributed by atoms with Crippen molar-refractivity contribution in [3.05, 3.63) is 54.1 Å². The fraction of sp³-hybridized carbons (Fsp3) is 0.222. The lowest BCUT2D eigenvalue weighted by molar-refractivity contribution is -0.117. The summed E-state index contributed by atoms with van der Waals surface area (Å²) in [4.78, 5) is 23.1. The normalized spacial score (nSPS) is 13.5. The van der Waals surface area contributed by atoms with E-state index < -0.39 is 0 Å². The van der Waals surface area contributed by atoms with E-state index in [1.807, 2.05) is 42.5 Å². The number of rotatable bonds is 5. The molecule has 0 bridgehead atoms. The Kier molecular flexibility index (Phi) is 3.92. The summed E-state index contributed by atoms with van der Waals surface area (Å²) in [7, 11) is 0. The lowest BCUT2D eigenvalue weighted by Crippen LogP contribution is -2.13. The average Bonchev–Trinajstić information content (AvgIpc) is 3.34. The molecule has 1 fully saturated rings. The smallest absolute Gasteiger partial charge is 0.227 e. The first-order valence-corrected chi connectivity index (χ1v) is 7.41. The lowest BCUT2D eigenvalue weighted by atomic mass is 10.1. The van der Waals surface area contributed by atoms with Gasteiger partial charge in [0, 0.05) is 28.5 Å². The zero-order valence-electron chi connectivity index (χ0n) is 12.4. The number of carbonyl (C=O) groups excluding carboxylic acids is 2. The molecule has 4 heteroatoms. The average molecular weight is 294 g/mol. The monoisotopic (exact) mass is 294 g/mol. The van der Waals surface area contributed by atoms with Crippen LogP contribution in [0.2, 0.25) is 0 Å². The molecule has 0 heterocycles. The van der Waals surface area contributed by atoms with E-state index in [9.17, 15) is 9.59 Å². The second-order valence-corrected chi connectivity index (χ2v) is 5.60. The predicted octanol–water partition coefficient (Wildman–Crippen LogP) is 3.98. The fourth-order valence-corrected chi connectivity index (χ4v) is 2.21. The van der Waals surface area contributed by atoms with Crippen LogP contribution in [0.5, 0.6) is 0 Å². The van der Waals surface area contributed by atoms with Crippen LogP contribution in [0.25, 0.3) is 0 Å². The Morgan fingerprint density at radius 1 is 0.955 bits per heavy atom. The largest absolute Gasteiger partial charge is 0.356 e. The lowest BCUT2D eigenvalue weighted by Gasteiger charge is -2.09. The minimum atomic E-state index is 0.0433. The van der Waals surface area contributed by atoms with Gasteiger partial charge in [0.15, 0.2) is 5.78 Å². The second kappa shape index (κ2) is 6.02. The van der Waals surface area contributed by atoms with Gasteiger partial charge in [0.05, 0.1) is 0 Å². The zero-order valence-corrected chi connectivity index (χ0v) is 12.4. The number of benzene rings is 2. The Balaban J connectivity index is 1.66. The molecule has 0 atom stereocenters. The number of hydrogen-bond donors (Lipinski definition) is 2. The zero-order chi connectivity index (χ0) is 15.5. The molecule has 22 heavy (non-hydrogen) atoms. The van der Waals surface area contributed by atoms with Crippen LogP contribution in [0.3, 0.4) is 0 Å². The van der Waals surface area contributed by atoms with Crippen LogP contribution in [-0.4, -0.2) is 11.7 Å². The number of Topliss-reactive ketones (excluding diaryl/α,β-unsaturated/α-hetero) is 1. The Morgan fingerprint density at radius 2 is 1.64 bits per heavy atom. The molecule has 112 valence electrons. The molecule has 3 rings (SSSR count). The molecular weight excluding hydrogens is 276 g/mol. The Labute approximate surface area is 129 Å². The summed E-state index contributed by atoms with van der Waals surface area (Å²) in [6.45, 7) is 1.55. The number of carbonyl (C=O) groups is 2. The SMILES string of the molecule is CC(=O)c1cccc(Nc2ccc(NC(=O)C3CC3)cc2)c1. The van der Waals surface area contributed by atoms with Gasteiger partial charge in [-0.15, -0.1) is 0 Å². The highest BCUT2D eigenvalue weighted by Crippen LogP contribution is 2.30. The van der Waals surface area contributed by atoms with Gasteiger partial charge < -0.3 is 10.6 Å². The molecule has 0 unspecified atom stereocenters. The van der Waals surface area contributed by atoms with E-state index in [0.29, 0.717) is 5.56 Å². The van der Waals surface area contributed by atoms with Crippen LogP contribution in [0, 0.1) is 5.92 Å². The molecule has 0 aliphatic heterocycles. The maximum Gasteiger partial charge on any atom is 0.227 e. The fourth-order valence-electron chi connectivity index (χ4n) is 2.21. The van der Waals surface area contributed by atoms with Gasteiger partial charge in [-0.2, -0.15) is 0 Å². The van der Waals surface area contributed by atoms with Crippen molar-refractivity contribution in [1.29, 1.82) is 0 Å². The van der Waals surface area contributed by atoms with Gasteiger partial charge in [-0.05, 0) is 56.2 Å². The summed E-state index contributed by atoms with van der Waals surface area (Å²) in [6.07, 6.45) is 2.00. The minimum Gasteiger partial charge on any atom is -0.356 e.